The largest absolute Gasteiger partial charge is 0.452 e. The number of halogens is 2. The molecule has 4 heteroatoms. The molecule has 19 heavy (non-hydrogen) atoms. The topological polar surface area (TPSA) is 29.5 Å². The highest BCUT2D eigenvalue weighted by atomic mass is 35.5. The van der Waals surface area contributed by atoms with Crippen LogP contribution in [0.3, 0.4) is 0 Å². The van der Waals surface area contributed by atoms with Gasteiger partial charge in [-0.2, -0.15) is 0 Å². The third-order valence-corrected chi connectivity index (χ3v) is 3.06. The van der Waals surface area contributed by atoms with Crippen molar-refractivity contribution in [1.82, 2.24) is 0 Å². The van der Waals surface area contributed by atoms with Gasteiger partial charge in [-0.15, -0.1) is 0 Å². The number of ether oxygens (including phenoxy) is 1. The van der Waals surface area contributed by atoms with E-state index in [0.29, 0.717) is 16.3 Å². The van der Waals surface area contributed by atoms with Gasteiger partial charge in [-0.1, -0.05) is 29.8 Å². The average Bonchev–Trinajstić information content (AvgIpc) is 2.35. The maximum absolute atomic E-state index is 13.8. The van der Waals surface area contributed by atoms with E-state index in [-0.39, 0.29) is 5.75 Å². The Balaban J connectivity index is 2.46. The Morgan fingerprint density at radius 3 is 2.68 bits per heavy atom. The second kappa shape index (κ2) is 5.59. The molecule has 0 saturated carbocycles. The van der Waals surface area contributed by atoms with Crippen LogP contribution < -0.4 is 4.74 Å². The molecule has 1 unspecified atom stereocenters. The minimum Gasteiger partial charge on any atom is -0.452 e. The number of hydrogen-bond acceptors (Lipinski definition) is 2. The summed E-state index contributed by atoms with van der Waals surface area (Å²) >= 11 is 6.02. The van der Waals surface area contributed by atoms with E-state index >= 15 is 0 Å². The van der Waals surface area contributed by atoms with Gasteiger partial charge in [0.25, 0.3) is 0 Å². The van der Waals surface area contributed by atoms with E-state index in [4.69, 9.17) is 16.3 Å². The molecule has 1 N–H and O–H groups in total. The number of hydrogen-bond donors (Lipinski definition) is 1. The fraction of sp³-hybridized carbons (Fsp3) is 0.200. The number of para-hydroxylation sites is 1. The molecule has 2 aromatic carbocycles. The minimum atomic E-state index is -0.825. The van der Waals surface area contributed by atoms with Crippen LogP contribution in [0.15, 0.2) is 36.4 Å². The monoisotopic (exact) mass is 280 g/mol. The van der Waals surface area contributed by atoms with Crippen molar-refractivity contribution in [3.8, 4) is 11.5 Å². The van der Waals surface area contributed by atoms with Crippen molar-refractivity contribution in [3.05, 3.63) is 58.4 Å². The highest BCUT2D eigenvalue weighted by Crippen LogP contribution is 2.35. The van der Waals surface area contributed by atoms with Crippen molar-refractivity contribution in [2.24, 2.45) is 0 Å². The first-order valence-electron chi connectivity index (χ1n) is 5.89. The molecule has 0 aromatic heterocycles. The van der Waals surface area contributed by atoms with Gasteiger partial charge in [-0.25, -0.2) is 4.39 Å². The van der Waals surface area contributed by atoms with Crippen molar-refractivity contribution in [3.63, 3.8) is 0 Å². The van der Waals surface area contributed by atoms with Gasteiger partial charge in [0.1, 0.15) is 5.75 Å². The summed E-state index contributed by atoms with van der Waals surface area (Å²) in [5.41, 5.74) is 1.34. The molecule has 0 saturated heterocycles. The van der Waals surface area contributed by atoms with Crippen molar-refractivity contribution in [2.45, 2.75) is 20.0 Å². The number of aliphatic hydroxyl groups excluding tert-OH is 1. The predicted molar refractivity (Wildman–Crippen MR) is 73.3 cm³/mol. The van der Waals surface area contributed by atoms with Gasteiger partial charge < -0.3 is 9.84 Å². The second-order valence-corrected chi connectivity index (χ2v) is 4.78. The Morgan fingerprint density at radius 2 is 2.00 bits per heavy atom. The molecule has 0 aliphatic rings. The third kappa shape index (κ3) is 3.06. The average molecular weight is 281 g/mol. The van der Waals surface area contributed by atoms with E-state index in [1.807, 2.05) is 13.0 Å². The zero-order chi connectivity index (χ0) is 14.0. The van der Waals surface area contributed by atoms with Gasteiger partial charge in [0.15, 0.2) is 11.6 Å². The highest BCUT2D eigenvalue weighted by molar-refractivity contribution is 6.32. The van der Waals surface area contributed by atoms with Crippen LogP contribution in [0.5, 0.6) is 11.5 Å². The Kier molecular flexibility index (Phi) is 4.08. The molecule has 0 spiro atoms. The zero-order valence-corrected chi connectivity index (χ0v) is 11.4. The molecule has 2 nitrogen and oxygen atoms in total. The second-order valence-electron chi connectivity index (χ2n) is 4.37. The zero-order valence-electron chi connectivity index (χ0n) is 10.7. The van der Waals surface area contributed by atoms with Crippen LogP contribution >= 0.6 is 11.6 Å². The fourth-order valence-corrected chi connectivity index (χ4v) is 1.92. The molecular formula is C15H14ClFO2. The van der Waals surface area contributed by atoms with Crippen LogP contribution in [0, 0.1) is 12.7 Å². The quantitative estimate of drug-likeness (QED) is 0.888. The Hall–Kier alpha value is -1.58. The molecule has 0 aliphatic heterocycles. The van der Waals surface area contributed by atoms with Gasteiger partial charge >= 0.3 is 0 Å². The first kappa shape index (κ1) is 13.8. The van der Waals surface area contributed by atoms with Gasteiger partial charge in [0.05, 0.1) is 11.1 Å². The SMILES string of the molecule is Cc1ccc(Cl)c(Oc2c(F)cccc2C(C)O)c1. The lowest BCUT2D eigenvalue weighted by atomic mass is 10.1. The molecule has 0 fully saturated rings. The van der Waals surface area contributed by atoms with Crippen molar-refractivity contribution >= 4 is 11.6 Å². The molecule has 1 atom stereocenters. The molecule has 100 valence electrons. The molecule has 0 heterocycles. The summed E-state index contributed by atoms with van der Waals surface area (Å²) in [5.74, 6) is -0.158. The number of aliphatic hydroxyl groups is 1. The lowest BCUT2D eigenvalue weighted by molar-refractivity contribution is 0.194. The van der Waals surface area contributed by atoms with Gasteiger partial charge in [0, 0.05) is 5.56 Å². The van der Waals surface area contributed by atoms with E-state index < -0.39 is 11.9 Å². The van der Waals surface area contributed by atoms with Gasteiger partial charge in [-0.3, -0.25) is 0 Å². The fourth-order valence-electron chi connectivity index (χ4n) is 1.76. The van der Waals surface area contributed by atoms with E-state index in [1.54, 1.807) is 25.1 Å². The summed E-state index contributed by atoms with van der Waals surface area (Å²) < 4.78 is 19.4. The van der Waals surface area contributed by atoms with Crippen LogP contribution in [-0.2, 0) is 0 Å². The molecule has 0 aliphatic carbocycles. The van der Waals surface area contributed by atoms with Crippen molar-refractivity contribution in [1.29, 1.82) is 0 Å². The molecule has 0 bridgehead atoms. The standard InChI is InChI=1S/C15H14ClFO2/c1-9-6-7-12(16)14(8-9)19-15-11(10(2)18)4-3-5-13(15)17/h3-8,10,18H,1-2H3. The van der Waals surface area contributed by atoms with E-state index in [0.717, 1.165) is 5.56 Å². The molecule has 2 rings (SSSR count). The summed E-state index contributed by atoms with van der Waals surface area (Å²) in [4.78, 5) is 0. The van der Waals surface area contributed by atoms with Crippen LogP contribution in [0.4, 0.5) is 4.39 Å². The van der Waals surface area contributed by atoms with Crippen LogP contribution in [0.1, 0.15) is 24.2 Å². The maximum Gasteiger partial charge on any atom is 0.168 e. The molecule has 0 amide bonds. The minimum absolute atomic E-state index is 0.00463. The maximum atomic E-state index is 13.8. The highest BCUT2D eigenvalue weighted by Gasteiger charge is 2.16. The van der Waals surface area contributed by atoms with E-state index in [2.05, 4.69) is 0 Å². The third-order valence-electron chi connectivity index (χ3n) is 2.75. The summed E-state index contributed by atoms with van der Waals surface area (Å²) in [7, 11) is 0. The summed E-state index contributed by atoms with van der Waals surface area (Å²) in [5, 5.41) is 10.0. The molecular weight excluding hydrogens is 267 g/mol. The van der Waals surface area contributed by atoms with Crippen molar-refractivity contribution in [2.75, 3.05) is 0 Å². The van der Waals surface area contributed by atoms with Crippen LogP contribution in [-0.4, -0.2) is 5.11 Å². The molecule has 0 radical (unpaired) electrons. The Bertz CT molecular complexity index is 597. The first-order chi connectivity index (χ1) is 8.99. The smallest absolute Gasteiger partial charge is 0.168 e. The van der Waals surface area contributed by atoms with Gasteiger partial charge in [0.2, 0.25) is 0 Å². The van der Waals surface area contributed by atoms with Gasteiger partial charge in [-0.05, 0) is 37.6 Å². The first-order valence-corrected chi connectivity index (χ1v) is 6.27. The Labute approximate surface area is 116 Å². The predicted octanol–water partition coefficient (Wildman–Crippen LogP) is 4.63. The summed E-state index contributed by atoms with van der Waals surface area (Å²) in [6, 6.07) is 9.68. The molecule has 2 aromatic rings. The summed E-state index contributed by atoms with van der Waals surface area (Å²) in [6.07, 6.45) is -0.825. The van der Waals surface area contributed by atoms with Crippen molar-refractivity contribution < 1.29 is 14.2 Å². The van der Waals surface area contributed by atoms with E-state index in [9.17, 15) is 9.50 Å². The number of benzene rings is 2. The van der Waals surface area contributed by atoms with E-state index in [1.165, 1.54) is 12.1 Å². The Morgan fingerprint density at radius 1 is 1.26 bits per heavy atom. The normalized spacial score (nSPS) is 12.3. The lowest BCUT2D eigenvalue weighted by Gasteiger charge is -2.15. The van der Waals surface area contributed by atoms with Crippen LogP contribution in [0.2, 0.25) is 5.02 Å². The number of rotatable bonds is 3. The lowest BCUT2D eigenvalue weighted by Crippen LogP contribution is -1.99. The summed E-state index contributed by atoms with van der Waals surface area (Å²) in [6.45, 7) is 3.44. The van der Waals surface area contributed by atoms with Crippen LogP contribution in [0.25, 0.3) is 0 Å². The number of aryl methyl sites for hydroxylation is 1.